The highest BCUT2D eigenvalue weighted by atomic mass is 79.9. The van der Waals surface area contributed by atoms with Gasteiger partial charge in [0.1, 0.15) is 5.75 Å². The van der Waals surface area contributed by atoms with E-state index in [1.54, 1.807) is 0 Å². The second-order valence-corrected chi connectivity index (χ2v) is 7.02. The van der Waals surface area contributed by atoms with E-state index in [9.17, 15) is 4.79 Å². The summed E-state index contributed by atoms with van der Waals surface area (Å²) >= 11 is 3.48. The maximum Gasteiger partial charge on any atom is 0.225 e. The van der Waals surface area contributed by atoms with Gasteiger partial charge in [-0.05, 0) is 23.8 Å². The van der Waals surface area contributed by atoms with Crippen molar-refractivity contribution in [2.24, 2.45) is 11.7 Å². The fourth-order valence-electron chi connectivity index (χ4n) is 2.95. The highest BCUT2D eigenvalue weighted by molar-refractivity contribution is 9.10. The van der Waals surface area contributed by atoms with Crippen molar-refractivity contribution in [2.75, 3.05) is 6.61 Å². The van der Waals surface area contributed by atoms with Crippen LogP contribution in [-0.4, -0.2) is 12.5 Å². The molecule has 2 aromatic rings. The summed E-state index contributed by atoms with van der Waals surface area (Å²) in [5.74, 6) is 0.477. The summed E-state index contributed by atoms with van der Waals surface area (Å²) in [5.41, 5.74) is 8.24. The molecule has 0 unspecified atom stereocenters. The van der Waals surface area contributed by atoms with Crippen molar-refractivity contribution in [1.29, 1.82) is 0 Å². The zero-order valence-electron chi connectivity index (χ0n) is 13.5. The van der Waals surface area contributed by atoms with Crippen LogP contribution in [0.4, 0.5) is 0 Å². The van der Waals surface area contributed by atoms with Crippen LogP contribution in [0.25, 0.3) is 0 Å². The molecule has 0 saturated carbocycles. The predicted molar refractivity (Wildman–Crippen MR) is 97.7 cm³/mol. The van der Waals surface area contributed by atoms with Gasteiger partial charge >= 0.3 is 0 Å². The number of carbonyl (C=O) groups is 1. The molecular formula is C19H21BrN2O2. The maximum atomic E-state index is 12.7. The topological polar surface area (TPSA) is 64.3 Å². The van der Waals surface area contributed by atoms with Crippen LogP contribution >= 0.6 is 15.9 Å². The van der Waals surface area contributed by atoms with E-state index >= 15 is 0 Å². The number of halogens is 1. The Kier molecular flexibility index (Phi) is 5.21. The first-order valence-electron chi connectivity index (χ1n) is 8.09. The van der Waals surface area contributed by atoms with Gasteiger partial charge in [0, 0.05) is 22.5 Å². The monoisotopic (exact) mass is 388 g/mol. The van der Waals surface area contributed by atoms with Gasteiger partial charge in [-0.1, -0.05) is 53.2 Å². The Labute approximate surface area is 150 Å². The molecule has 0 aromatic heterocycles. The molecule has 1 heterocycles. The third kappa shape index (κ3) is 3.62. The first-order valence-corrected chi connectivity index (χ1v) is 8.88. The molecule has 0 bridgehead atoms. The number of rotatable bonds is 4. The van der Waals surface area contributed by atoms with E-state index in [1.165, 1.54) is 0 Å². The average molecular weight is 389 g/mol. The molecule has 1 aliphatic rings. The van der Waals surface area contributed by atoms with Gasteiger partial charge in [-0.25, -0.2) is 0 Å². The van der Waals surface area contributed by atoms with E-state index < -0.39 is 0 Å². The van der Waals surface area contributed by atoms with Crippen molar-refractivity contribution in [2.45, 2.75) is 25.4 Å². The molecular weight excluding hydrogens is 368 g/mol. The minimum absolute atomic E-state index is 0.0378. The number of nitrogens with one attached hydrogen (secondary N) is 1. The molecule has 0 radical (unpaired) electrons. The molecule has 3 N–H and O–H groups in total. The summed E-state index contributed by atoms with van der Waals surface area (Å²) < 4.78 is 6.64. The molecule has 0 saturated heterocycles. The van der Waals surface area contributed by atoms with Gasteiger partial charge in [0.15, 0.2) is 0 Å². The minimum Gasteiger partial charge on any atom is -0.493 e. The van der Waals surface area contributed by atoms with Crippen molar-refractivity contribution < 1.29 is 9.53 Å². The fraction of sp³-hybridized carbons (Fsp3) is 0.316. The highest BCUT2D eigenvalue weighted by Crippen LogP contribution is 2.34. The van der Waals surface area contributed by atoms with E-state index in [2.05, 4.69) is 21.2 Å². The zero-order chi connectivity index (χ0) is 17.1. The summed E-state index contributed by atoms with van der Waals surface area (Å²) in [6.45, 7) is 2.47. The van der Waals surface area contributed by atoms with E-state index in [1.807, 2.05) is 55.5 Å². The van der Waals surface area contributed by atoms with Crippen LogP contribution < -0.4 is 15.8 Å². The Morgan fingerprint density at radius 2 is 2.04 bits per heavy atom. The number of ether oxygens (including phenoxy) is 1. The largest absolute Gasteiger partial charge is 0.493 e. The van der Waals surface area contributed by atoms with Crippen LogP contribution in [0.3, 0.4) is 0 Å². The number of amides is 1. The first-order chi connectivity index (χ1) is 11.6. The summed E-state index contributed by atoms with van der Waals surface area (Å²) in [6.07, 6.45) is 0.752. The number of carbonyl (C=O) groups excluding carboxylic acids is 1. The first kappa shape index (κ1) is 17.0. The zero-order valence-corrected chi connectivity index (χ0v) is 15.1. The van der Waals surface area contributed by atoms with Crippen LogP contribution in [0.2, 0.25) is 0 Å². The predicted octanol–water partition coefficient (Wildman–Crippen LogP) is 3.73. The molecule has 126 valence electrons. The Morgan fingerprint density at radius 1 is 1.29 bits per heavy atom. The second-order valence-electron chi connectivity index (χ2n) is 6.11. The minimum atomic E-state index is -0.326. The molecule has 4 nitrogen and oxygen atoms in total. The molecule has 24 heavy (non-hydrogen) atoms. The molecule has 0 aliphatic carbocycles. The lowest BCUT2D eigenvalue weighted by molar-refractivity contribution is -0.126. The lowest BCUT2D eigenvalue weighted by Gasteiger charge is -2.29. The smallest absolute Gasteiger partial charge is 0.225 e. The van der Waals surface area contributed by atoms with E-state index in [-0.39, 0.29) is 23.9 Å². The van der Waals surface area contributed by atoms with Gasteiger partial charge in [0.2, 0.25) is 5.91 Å². The average Bonchev–Trinajstić information content (AvgIpc) is 2.61. The summed E-state index contributed by atoms with van der Waals surface area (Å²) in [4.78, 5) is 12.7. The van der Waals surface area contributed by atoms with Crippen molar-refractivity contribution in [1.82, 2.24) is 5.32 Å². The number of benzene rings is 2. The van der Waals surface area contributed by atoms with E-state index in [0.29, 0.717) is 6.61 Å². The Morgan fingerprint density at radius 3 is 2.79 bits per heavy atom. The molecule has 2 aromatic carbocycles. The third-order valence-electron chi connectivity index (χ3n) is 4.46. The van der Waals surface area contributed by atoms with Crippen molar-refractivity contribution in [3.05, 3.63) is 64.1 Å². The SMILES string of the molecule is C[C@H](C(=O)N[C@H]1CCOc2ccc(Br)cc21)[C@H](N)c1ccccc1. The van der Waals surface area contributed by atoms with Crippen LogP contribution in [-0.2, 0) is 4.79 Å². The van der Waals surface area contributed by atoms with Gasteiger partial charge in [0.25, 0.3) is 0 Å². The molecule has 0 spiro atoms. The van der Waals surface area contributed by atoms with Crippen molar-refractivity contribution in [3.63, 3.8) is 0 Å². The summed E-state index contributed by atoms with van der Waals surface area (Å²) in [5, 5.41) is 3.13. The van der Waals surface area contributed by atoms with Crippen molar-refractivity contribution in [3.8, 4) is 5.75 Å². The second kappa shape index (κ2) is 7.36. The number of hydrogen-bond acceptors (Lipinski definition) is 3. The van der Waals surface area contributed by atoms with Gasteiger partial charge in [-0.3, -0.25) is 4.79 Å². The Bertz CT molecular complexity index is 721. The number of hydrogen-bond donors (Lipinski definition) is 2. The normalized spacial score (nSPS) is 18.9. The standard InChI is InChI=1S/C19H21BrN2O2/c1-12(18(21)13-5-3-2-4-6-13)19(23)22-16-9-10-24-17-8-7-14(20)11-15(16)17/h2-8,11-12,16,18H,9-10,21H2,1H3,(H,22,23)/t12-,16-,18-/m0/s1. The number of fused-ring (bicyclic) bond motifs is 1. The van der Waals surface area contributed by atoms with Crippen LogP contribution in [0.5, 0.6) is 5.75 Å². The molecule has 0 fully saturated rings. The van der Waals surface area contributed by atoms with Gasteiger partial charge in [0.05, 0.1) is 18.6 Å². The van der Waals surface area contributed by atoms with Crippen LogP contribution in [0.1, 0.15) is 36.6 Å². The van der Waals surface area contributed by atoms with E-state index in [0.717, 1.165) is 27.8 Å². The molecule has 3 atom stereocenters. The lowest BCUT2D eigenvalue weighted by atomic mass is 9.93. The van der Waals surface area contributed by atoms with Crippen molar-refractivity contribution >= 4 is 21.8 Å². The molecule has 3 rings (SSSR count). The fourth-order valence-corrected chi connectivity index (χ4v) is 3.32. The highest BCUT2D eigenvalue weighted by Gasteiger charge is 2.28. The Balaban J connectivity index is 1.73. The summed E-state index contributed by atoms with van der Waals surface area (Å²) in [6, 6.07) is 15.2. The quantitative estimate of drug-likeness (QED) is 0.838. The van der Waals surface area contributed by atoms with Crippen LogP contribution in [0.15, 0.2) is 53.0 Å². The van der Waals surface area contributed by atoms with Gasteiger partial charge in [-0.15, -0.1) is 0 Å². The lowest BCUT2D eigenvalue weighted by Crippen LogP contribution is -2.39. The van der Waals surface area contributed by atoms with Gasteiger partial charge in [-0.2, -0.15) is 0 Å². The molecule has 1 aliphatic heterocycles. The van der Waals surface area contributed by atoms with Crippen LogP contribution in [0, 0.1) is 5.92 Å². The number of nitrogens with two attached hydrogens (primary N) is 1. The van der Waals surface area contributed by atoms with E-state index in [4.69, 9.17) is 10.5 Å². The molecule has 1 amide bonds. The Hall–Kier alpha value is -1.85. The van der Waals surface area contributed by atoms with Gasteiger partial charge < -0.3 is 15.8 Å². The maximum absolute atomic E-state index is 12.7. The third-order valence-corrected chi connectivity index (χ3v) is 4.96. The molecule has 5 heteroatoms. The summed E-state index contributed by atoms with van der Waals surface area (Å²) in [7, 11) is 0.